The molecule has 1 aromatic heterocycles. The highest BCUT2D eigenvalue weighted by molar-refractivity contribution is 5.96. The van der Waals surface area contributed by atoms with E-state index in [0.29, 0.717) is 23.3 Å². The SMILES string of the molecule is NC(=O)CCc1nc2c(C=O)c(O)ccc2o1. The van der Waals surface area contributed by atoms with Gasteiger partial charge < -0.3 is 15.3 Å². The number of carbonyl (C=O) groups excluding carboxylic acids is 2. The molecule has 6 heteroatoms. The van der Waals surface area contributed by atoms with E-state index < -0.39 is 5.91 Å². The monoisotopic (exact) mass is 234 g/mol. The summed E-state index contributed by atoms with van der Waals surface area (Å²) in [5, 5.41) is 9.45. The lowest BCUT2D eigenvalue weighted by Crippen LogP contribution is -2.11. The molecule has 0 aliphatic heterocycles. The molecule has 1 amide bonds. The number of aromatic hydroxyl groups is 1. The zero-order chi connectivity index (χ0) is 12.4. The van der Waals surface area contributed by atoms with Crippen LogP contribution in [0.25, 0.3) is 11.1 Å². The average molecular weight is 234 g/mol. The molecule has 0 aliphatic rings. The van der Waals surface area contributed by atoms with E-state index in [4.69, 9.17) is 10.2 Å². The van der Waals surface area contributed by atoms with E-state index in [1.54, 1.807) is 0 Å². The molecule has 2 rings (SSSR count). The summed E-state index contributed by atoms with van der Waals surface area (Å²) in [4.78, 5) is 25.5. The number of nitrogens with two attached hydrogens (primary N) is 1. The number of phenolic OH excluding ortho intramolecular Hbond substituents is 1. The normalized spacial score (nSPS) is 10.6. The second kappa shape index (κ2) is 4.25. The molecule has 0 spiro atoms. The van der Waals surface area contributed by atoms with Crippen LogP contribution in [0.5, 0.6) is 5.75 Å². The molecular weight excluding hydrogens is 224 g/mol. The molecule has 0 fully saturated rings. The number of primary amides is 1. The van der Waals surface area contributed by atoms with Crippen LogP contribution < -0.4 is 5.73 Å². The van der Waals surface area contributed by atoms with Crippen molar-refractivity contribution in [3.8, 4) is 5.75 Å². The van der Waals surface area contributed by atoms with Crippen LogP contribution in [-0.2, 0) is 11.2 Å². The van der Waals surface area contributed by atoms with Gasteiger partial charge in [-0.05, 0) is 12.1 Å². The number of aldehydes is 1. The van der Waals surface area contributed by atoms with Gasteiger partial charge in [0.25, 0.3) is 0 Å². The summed E-state index contributed by atoms with van der Waals surface area (Å²) >= 11 is 0. The molecule has 0 aliphatic carbocycles. The zero-order valence-electron chi connectivity index (χ0n) is 8.84. The van der Waals surface area contributed by atoms with Crippen LogP contribution in [0.15, 0.2) is 16.5 Å². The maximum Gasteiger partial charge on any atom is 0.217 e. The second-order valence-corrected chi connectivity index (χ2v) is 3.54. The standard InChI is InChI=1S/C11H10N2O4/c12-9(16)3-4-10-13-11-6(5-14)7(15)1-2-8(11)17-10/h1-2,5,15H,3-4H2,(H2,12,16). The predicted octanol–water partition coefficient (Wildman–Crippen LogP) is 0.764. The maximum atomic E-state index is 10.8. The van der Waals surface area contributed by atoms with Crippen molar-refractivity contribution in [2.45, 2.75) is 12.8 Å². The van der Waals surface area contributed by atoms with Gasteiger partial charge in [-0.1, -0.05) is 0 Å². The number of nitrogens with zero attached hydrogens (tertiary/aromatic N) is 1. The van der Waals surface area contributed by atoms with Gasteiger partial charge in [0.05, 0.1) is 5.56 Å². The third-order valence-corrected chi connectivity index (χ3v) is 2.32. The van der Waals surface area contributed by atoms with Gasteiger partial charge in [-0.2, -0.15) is 0 Å². The summed E-state index contributed by atoms with van der Waals surface area (Å²) in [7, 11) is 0. The molecule has 17 heavy (non-hydrogen) atoms. The Labute approximate surface area is 96.0 Å². The number of rotatable bonds is 4. The van der Waals surface area contributed by atoms with Crippen LogP contribution >= 0.6 is 0 Å². The minimum Gasteiger partial charge on any atom is -0.507 e. The van der Waals surface area contributed by atoms with E-state index in [2.05, 4.69) is 4.98 Å². The fourth-order valence-electron chi connectivity index (χ4n) is 1.50. The smallest absolute Gasteiger partial charge is 0.217 e. The average Bonchev–Trinajstić information content (AvgIpc) is 2.69. The minimum atomic E-state index is -0.453. The van der Waals surface area contributed by atoms with Crippen LogP contribution in [0.4, 0.5) is 0 Å². The molecule has 0 atom stereocenters. The molecule has 1 heterocycles. The van der Waals surface area contributed by atoms with Gasteiger partial charge in [0.1, 0.15) is 11.3 Å². The van der Waals surface area contributed by atoms with Crippen molar-refractivity contribution in [1.82, 2.24) is 4.98 Å². The lowest BCUT2D eigenvalue weighted by molar-refractivity contribution is -0.118. The van der Waals surface area contributed by atoms with E-state index in [9.17, 15) is 14.7 Å². The fourth-order valence-corrected chi connectivity index (χ4v) is 1.50. The van der Waals surface area contributed by atoms with Crippen molar-refractivity contribution < 1.29 is 19.1 Å². The first kappa shape index (κ1) is 11.1. The Kier molecular flexibility index (Phi) is 2.78. The first-order chi connectivity index (χ1) is 8.11. The van der Waals surface area contributed by atoms with Gasteiger partial charge in [0.15, 0.2) is 17.8 Å². The quantitative estimate of drug-likeness (QED) is 0.759. The molecule has 0 bridgehead atoms. The number of aryl methyl sites for hydroxylation is 1. The Bertz CT molecular complexity index is 588. The number of amides is 1. The van der Waals surface area contributed by atoms with Crippen molar-refractivity contribution in [1.29, 1.82) is 0 Å². The van der Waals surface area contributed by atoms with Crippen LogP contribution in [0.3, 0.4) is 0 Å². The summed E-state index contributed by atoms with van der Waals surface area (Å²) in [6.07, 6.45) is 0.899. The molecule has 0 saturated heterocycles. The van der Waals surface area contributed by atoms with Gasteiger partial charge in [-0.3, -0.25) is 9.59 Å². The number of fused-ring (bicyclic) bond motifs is 1. The van der Waals surface area contributed by atoms with Crippen molar-refractivity contribution in [3.05, 3.63) is 23.6 Å². The van der Waals surface area contributed by atoms with E-state index in [1.807, 2.05) is 0 Å². The van der Waals surface area contributed by atoms with E-state index >= 15 is 0 Å². The Balaban J connectivity index is 2.43. The lowest BCUT2D eigenvalue weighted by atomic mass is 10.2. The summed E-state index contributed by atoms with van der Waals surface area (Å²) < 4.78 is 5.33. The second-order valence-electron chi connectivity index (χ2n) is 3.54. The first-order valence-corrected chi connectivity index (χ1v) is 4.96. The molecule has 0 saturated carbocycles. The van der Waals surface area contributed by atoms with Crippen molar-refractivity contribution in [2.75, 3.05) is 0 Å². The van der Waals surface area contributed by atoms with Gasteiger partial charge in [-0.15, -0.1) is 0 Å². The summed E-state index contributed by atoms with van der Waals surface area (Å²) in [5.41, 5.74) is 5.77. The van der Waals surface area contributed by atoms with Gasteiger partial charge >= 0.3 is 0 Å². The Morgan fingerprint density at radius 1 is 1.53 bits per heavy atom. The number of oxazole rings is 1. The molecular formula is C11H10N2O4. The highest BCUT2D eigenvalue weighted by atomic mass is 16.3. The van der Waals surface area contributed by atoms with Crippen LogP contribution in [-0.4, -0.2) is 22.3 Å². The molecule has 3 N–H and O–H groups in total. The Morgan fingerprint density at radius 3 is 2.94 bits per heavy atom. The van der Waals surface area contributed by atoms with Crippen LogP contribution in [0.2, 0.25) is 0 Å². The summed E-state index contributed by atoms with van der Waals surface area (Å²) in [6.45, 7) is 0. The molecule has 2 aromatic rings. The topological polar surface area (TPSA) is 106 Å². The van der Waals surface area contributed by atoms with Crippen molar-refractivity contribution in [3.63, 3.8) is 0 Å². The van der Waals surface area contributed by atoms with E-state index in [-0.39, 0.29) is 24.2 Å². The number of hydrogen-bond acceptors (Lipinski definition) is 5. The van der Waals surface area contributed by atoms with Gasteiger partial charge in [0.2, 0.25) is 5.91 Å². The third kappa shape index (κ3) is 2.10. The largest absolute Gasteiger partial charge is 0.507 e. The third-order valence-electron chi connectivity index (χ3n) is 2.32. The van der Waals surface area contributed by atoms with E-state index in [1.165, 1.54) is 12.1 Å². The molecule has 0 radical (unpaired) electrons. The van der Waals surface area contributed by atoms with Crippen LogP contribution in [0, 0.1) is 0 Å². The Hall–Kier alpha value is -2.37. The predicted molar refractivity (Wildman–Crippen MR) is 58.6 cm³/mol. The fraction of sp³-hybridized carbons (Fsp3) is 0.182. The maximum absolute atomic E-state index is 10.8. The summed E-state index contributed by atoms with van der Waals surface area (Å²) in [6, 6.07) is 2.87. The number of hydrogen-bond donors (Lipinski definition) is 2. The highest BCUT2D eigenvalue weighted by Crippen LogP contribution is 2.26. The summed E-state index contributed by atoms with van der Waals surface area (Å²) in [5.74, 6) is -0.291. The zero-order valence-corrected chi connectivity index (χ0v) is 8.84. The molecule has 88 valence electrons. The number of carbonyl (C=O) groups is 2. The lowest BCUT2D eigenvalue weighted by Gasteiger charge is -1.94. The van der Waals surface area contributed by atoms with E-state index in [0.717, 1.165) is 0 Å². The number of aromatic nitrogens is 1. The minimum absolute atomic E-state index is 0.0802. The highest BCUT2D eigenvalue weighted by Gasteiger charge is 2.13. The number of phenols is 1. The number of benzene rings is 1. The van der Waals surface area contributed by atoms with Crippen molar-refractivity contribution in [2.24, 2.45) is 5.73 Å². The molecule has 1 aromatic carbocycles. The molecule has 6 nitrogen and oxygen atoms in total. The van der Waals surface area contributed by atoms with Gasteiger partial charge in [0, 0.05) is 12.8 Å². The first-order valence-electron chi connectivity index (χ1n) is 4.96. The Morgan fingerprint density at radius 2 is 2.29 bits per heavy atom. The molecule has 0 unspecified atom stereocenters. The van der Waals surface area contributed by atoms with Crippen molar-refractivity contribution >= 4 is 23.3 Å². The van der Waals surface area contributed by atoms with Crippen LogP contribution in [0.1, 0.15) is 22.7 Å². The van der Waals surface area contributed by atoms with Gasteiger partial charge in [-0.25, -0.2) is 4.98 Å².